The lowest BCUT2D eigenvalue weighted by Crippen LogP contribution is -2.71. The molecule has 3 aliphatic rings. The second kappa shape index (κ2) is 8.15. The molecule has 0 aliphatic carbocycles. The van der Waals surface area contributed by atoms with E-state index in [0.29, 0.717) is 14.7 Å². The molecule has 0 saturated carbocycles. The predicted octanol–water partition coefficient (Wildman–Crippen LogP) is 3.69. The van der Waals surface area contributed by atoms with Crippen molar-refractivity contribution in [3.05, 3.63) is 142 Å². The van der Waals surface area contributed by atoms with Crippen LogP contribution < -0.4 is 0 Å². The lowest BCUT2D eigenvalue weighted by atomic mass is 10.0. The number of hydrogen-bond donors (Lipinski definition) is 0. The highest BCUT2D eigenvalue weighted by Crippen LogP contribution is 2.48. The SMILES string of the molecule is O=C1c2ccccc2C(=O)N1C(c1ccccc1)(N1C(=O)c2ccccc2C1=O)N1C(=O)c2ccccc2C1=O. The van der Waals surface area contributed by atoms with Gasteiger partial charge in [-0.1, -0.05) is 66.7 Å². The Morgan fingerprint density at radius 3 is 0.800 bits per heavy atom. The summed E-state index contributed by atoms with van der Waals surface area (Å²) in [5, 5.41) is 0. The molecule has 4 aromatic carbocycles. The highest BCUT2D eigenvalue weighted by Gasteiger charge is 2.66. The van der Waals surface area contributed by atoms with Crippen molar-refractivity contribution in [2.45, 2.75) is 5.79 Å². The molecule has 0 atom stereocenters. The Kier molecular flexibility index (Phi) is 4.77. The molecule has 0 spiro atoms. The van der Waals surface area contributed by atoms with Crippen LogP contribution in [0.3, 0.4) is 0 Å². The van der Waals surface area contributed by atoms with Gasteiger partial charge >= 0.3 is 0 Å². The van der Waals surface area contributed by atoms with Gasteiger partial charge in [-0.2, -0.15) is 0 Å². The van der Waals surface area contributed by atoms with E-state index in [1.54, 1.807) is 54.6 Å². The number of imide groups is 3. The molecule has 40 heavy (non-hydrogen) atoms. The van der Waals surface area contributed by atoms with Crippen LogP contribution in [0, 0.1) is 0 Å². The Bertz CT molecular complexity index is 1560. The fourth-order valence-electron chi connectivity index (χ4n) is 5.77. The van der Waals surface area contributed by atoms with Crippen LogP contribution in [0.1, 0.15) is 67.7 Å². The van der Waals surface area contributed by atoms with Crippen molar-refractivity contribution in [3.63, 3.8) is 0 Å². The fraction of sp³-hybridized carbons (Fsp3) is 0.0323. The summed E-state index contributed by atoms with van der Waals surface area (Å²) >= 11 is 0. The number of fused-ring (bicyclic) bond motifs is 3. The summed E-state index contributed by atoms with van der Waals surface area (Å²) in [4.78, 5) is 86.8. The number of hydrogen-bond acceptors (Lipinski definition) is 6. The molecule has 3 aliphatic heterocycles. The second-order valence-electron chi connectivity index (χ2n) is 9.48. The van der Waals surface area contributed by atoms with Gasteiger partial charge in [-0.05, 0) is 36.4 Å². The van der Waals surface area contributed by atoms with Crippen LogP contribution in [0.25, 0.3) is 0 Å². The number of rotatable bonds is 4. The van der Waals surface area contributed by atoms with E-state index in [1.165, 1.54) is 48.5 Å². The van der Waals surface area contributed by atoms with E-state index >= 15 is 0 Å². The van der Waals surface area contributed by atoms with Gasteiger partial charge < -0.3 is 0 Å². The zero-order chi connectivity index (χ0) is 27.8. The molecular weight excluding hydrogens is 510 g/mol. The van der Waals surface area contributed by atoms with E-state index in [2.05, 4.69) is 0 Å². The van der Waals surface area contributed by atoms with Gasteiger partial charge in [-0.3, -0.25) is 28.8 Å². The summed E-state index contributed by atoms with van der Waals surface area (Å²) in [5.74, 6) is -7.78. The van der Waals surface area contributed by atoms with E-state index in [1.807, 2.05) is 0 Å². The normalized spacial score (nSPS) is 16.1. The number of benzene rings is 4. The Morgan fingerprint density at radius 1 is 0.325 bits per heavy atom. The monoisotopic (exact) mass is 527 g/mol. The molecule has 0 fully saturated rings. The maximum absolute atomic E-state index is 14.1. The Hall–Kier alpha value is -5.70. The zero-order valence-electron chi connectivity index (χ0n) is 20.6. The average Bonchev–Trinajstić information content (AvgIpc) is 3.52. The van der Waals surface area contributed by atoms with Crippen LogP contribution in [0.5, 0.6) is 0 Å². The van der Waals surface area contributed by atoms with Gasteiger partial charge in [0.1, 0.15) is 0 Å². The summed E-state index contributed by atoms with van der Waals surface area (Å²) in [5.41, 5.74) is 0.111. The summed E-state index contributed by atoms with van der Waals surface area (Å²) in [7, 11) is 0. The smallest absolute Gasteiger partial charge is 0.265 e. The molecule has 9 heteroatoms. The highest BCUT2D eigenvalue weighted by molar-refractivity contribution is 6.28. The van der Waals surface area contributed by atoms with Crippen LogP contribution in [0.4, 0.5) is 0 Å². The molecule has 192 valence electrons. The molecule has 9 nitrogen and oxygen atoms in total. The minimum Gasteiger partial charge on any atom is -0.268 e. The van der Waals surface area contributed by atoms with Crippen molar-refractivity contribution in [1.29, 1.82) is 0 Å². The molecule has 6 amide bonds. The average molecular weight is 527 g/mol. The third-order valence-corrected chi connectivity index (χ3v) is 7.48. The molecule has 3 heterocycles. The first-order valence-corrected chi connectivity index (χ1v) is 12.4. The van der Waals surface area contributed by atoms with Gasteiger partial charge in [0.25, 0.3) is 35.4 Å². The maximum atomic E-state index is 14.1. The quantitative estimate of drug-likeness (QED) is 0.374. The van der Waals surface area contributed by atoms with Crippen LogP contribution in [-0.4, -0.2) is 50.1 Å². The lowest BCUT2D eigenvalue weighted by molar-refractivity contribution is -0.0729. The second-order valence-corrected chi connectivity index (χ2v) is 9.48. The standard InChI is InChI=1S/C31H17N3O6/c35-25-19-12-4-5-13-20(19)26(36)32(25)31(18-10-2-1-3-11-18,33-27(37)21-14-6-7-15-22(21)28(33)38)34-29(39)23-16-8-9-17-24(23)30(34)40/h1-17H. The molecular formula is C31H17N3O6. The molecule has 0 radical (unpaired) electrons. The number of carbonyl (C=O) groups excluding carboxylic acids is 6. The van der Waals surface area contributed by atoms with E-state index in [0.717, 1.165) is 0 Å². The van der Waals surface area contributed by atoms with Crippen molar-refractivity contribution in [3.8, 4) is 0 Å². The van der Waals surface area contributed by atoms with Crippen molar-refractivity contribution in [1.82, 2.24) is 14.7 Å². The fourth-order valence-corrected chi connectivity index (χ4v) is 5.77. The largest absolute Gasteiger partial charge is 0.268 e. The van der Waals surface area contributed by atoms with Crippen LogP contribution in [0.15, 0.2) is 103 Å². The molecule has 7 rings (SSSR count). The van der Waals surface area contributed by atoms with Crippen LogP contribution >= 0.6 is 0 Å². The van der Waals surface area contributed by atoms with Gasteiger partial charge in [0.15, 0.2) is 0 Å². The van der Waals surface area contributed by atoms with Crippen molar-refractivity contribution >= 4 is 35.4 Å². The first kappa shape index (κ1) is 23.4. The highest BCUT2D eigenvalue weighted by atomic mass is 16.2. The molecule has 0 aromatic heterocycles. The van der Waals surface area contributed by atoms with E-state index in [9.17, 15) is 28.8 Å². The Labute approximate surface area is 226 Å². The predicted molar refractivity (Wildman–Crippen MR) is 139 cm³/mol. The number of amides is 6. The zero-order valence-corrected chi connectivity index (χ0v) is 20.6. The first-order valence-electron chi connectivity index (χ1n) is 12.4. The summed E-state index contributed by atoms with van der Waals surface area (Å²) in [6.45, 7) is 0. The topological polar surface area (TPSA) is 112 Å². The van der Waals surface area contributed by atoms with E-state index < -0.39 is 41.2 Å². The van der Waals surface area contributed by atoms with Gasteiger partial charge in [-0.15, -0.1) is 0 Å². The Balaban J connectivity index is 1.60. The van der Waals surface area contributed by atoms with Gasteiger partial charge in [0.05, 0.1) is 33.4 Å². The molecule has 0 saturated heterocycles. The number of nitrogens with zero attached hydrogens (tertiary/aromatic N) is 3. The summed E-state index contributed by atoms with van der Waals surface area (Å²) in [6, 6.07) is 25.8. The lowest BCUT2D eigenvalue weighted by Gasteiger charge is -2.49. The third kappa shape index (κ3) is 2.75. The summed E-state index contributed by atoms with van der Waals surface area (Å²) < 4.78 is 0. The van der Waals surface area contributed by atoms with Crippen molar-refractivity contribution in [2.75, 3.05) is 0 Å². The third-order valence-electron chi connectivity index (χ3n) is 7.48. The van der Waals surface area contributed by atoms with Crippen LogP contribution in [-0.2, 0) is 5.79 Å². The van der Waals surface area contributed by atoms with Crippen molar-refractivity contribution < 1.29 is 28.8 Å². The minimum absolute atomic E-state index is 0.0148. The van der Waals surface area contributed by atoms with Gasteiger partial charge in [0.2, 0.25) is 5.79 Å². The van der Waals surface area contributed by atoms with Crippen LogP contribution in [0.2, 0.25) is 0 Å². The van der Waals surface area contributed by atoms with Gasteiger partial charge in [0, 0.05) is 5.56 Å². The molecule has 0 unspecified atom stereocenters. The minimum atomic E-state index is -2.60. The van der Waals surface area contributed by atoms with E-state index in [-0.39, 0.29) is 38.9 Å². The maximum Gasteiger partial charge on any atom is 0.265 e. The van der Waals surface area contributed by atoms with Gasteiger partial charge in [-0.25, -0.2) is 14.7 Å². The Morgan fingerprint density at radius 2 is 0.550 bits per heavy atom. The molecule has 0 bridgehead atoms. The first-order chi connectivity index (χ1) is 19.4. The van der Waals surface area contributed by atoms with E-state index in [4.69, 9.17) is 0 Å². The number of carbonyl (C=O) groups is 6. The molecule has 4 aromatic rings. The van der Waals surface area contributed by atoms with Crippen molar-refractivity contribution in [2.24, 2.45) is 0 Å². The molecule has 0 N–H and O–H groups in total. The summed E-state index contributed by atoms with van der Waals surface area (Å²) in [6.07, 6.45) is 0.